The Labute approximate surface area is 101 Å². The molecule has 0 saturated heterocycles. The second-order valence-electron chi connectivity index (χ2n) is 5.56. The van der Waals surface area contributed by atoms with Crippen molar-refractivity contribution < 1.29 is 4.92 Å². The summed E-state index contributed by atoms with van der Waals surface area (Å²) >= 11 is 0. The minimum absolute atomic E-state index is 0.253. The standard InChI is InChI=1S/C13H18N2O2/c1-7-9-3-2-4-10(9)13(15(16)17)12(14)11(7)8-5-6-8/h7-9H,2-6,14H2,1H3. The molecular formula is C13H18N2O2. The molecule has 4 nitrogen and oxygen atoms in total. The highest BCUT2D eigenvalue weighted by atomic mass is 16.6. The van der Waals surface area contributed by atoms with Crippen LogP contribution in [0.25, 0.3) is 0 Å². The monoisotopic (exact) mass is 234 g/mol. The smallest absolute Gasteiger partial charge is 0.291 e. The summed E-state index contributed by atoms with van der Waals surface area (Å²) in [6.45, 7) is 2.20. The molecule has 2 unspecified atom stereocenters. The zero-order valence-electron chi connectivity index (χ0n) is 10.1. The van der Waals surface area contributed by atoms with Gasteiger partial charge in [0.1, 0.15) is 5.70 Å². The van der Waals surface area contributed by atoms with Gasteiger partial charge in [0, 0.05) is 5.57 Å². The van der Waals surface area contributed by atoms with Gasteiger partial charge < -0.3 is 5.73 Å². The lowest BCUT2D eigenvalue weighted by atomic mass is 9.75. The van der Waals surface area contributed by atoms with Crippen LogP contribution in [0.1, 0.15) is 39.0 Å². The van der Waals surface area contributed by atoms with Crippen molar-refractivity contribution in [1.82, 2.24) is 0 Å². The van der Waals surface area contributed by atoms with Crippen molar-refractivity contribution in [2.45, 2.75) is 39.0 Å². The van der Waals surface area contributed by atoms with E-state index in [2.05, 4.69) is 6.92 Å². The number of fused-ring (bicyclic) bond motifs is 1. The lowest BCUT2D eigenvalue weighted by Crippen LogP contribution is -2.28. The van der Waals surface area contributed by atoms with Crippen molar-refractivity contribution in [2.24, 2.45) is 23.5 Å². The second kappa shape index (κ2) is 3.59. The number of allylic oxidation sites excluding steroid dienone is 2. The molecule has 0 amide bonds. The van der Waals surface area contributed by atoms with Crippen LogP contribution in [0.3, 0.4) is 0 Å². The van der Waals surface area contributed by atoms with Gasteiger partial charge in [0.05, 0.1) is 4.92 Å². The third-order valence-corrected chi connectivity index (χ3v) is 4.57. The van der Waals surface area contributed by atoms with Crippen LogP contribution in [-0.4, -0.2) is 4.92 Å². The van der Waals surface area contributed by atoms with Crippen LogP contribution in [0.4, 0.5) is 0 Å². The molecule has 0 radical (unpaired) electrons. The minimum Gasteiger partial charge on any atom is -0.393 e. The first-order valence-electron chi connectivity index (χ1n) is 6.48. The fourth-order valence-corrected chi connectivity index (χ4v) is 3.69. The molecule has 3 aliphatic carbocycles. The fraction of sp³-hybridized carbons (Fsp3) is 0.692. The molecule has 3 rings (SSSR count). The van der Waals surface area contributed by atoms with E-state index in [0.29, 0.717) is 23.5 Å². The minimum atomic E-state index is -0.253. The lowest BCUT2D eigenvalue weighted by molar-refractivity contribution is -0.423. The van der Waals surface area contributed by atoms with E-state index in [-0.39, 0.29) is 10.6 Å². The van der Waals surface area contributed by atoms with E-state index in [4.69, 9.17) is 5.73 Å². The van der Waals surface area contributed by atoms with Gasteiger partial charge in [0.15, 0.2) is 0 Å². The van der Waals surface area contributed by atoms with Crippen LogP contribution in [0.15, 0.2) is 22.5 Å². The molecule has 0 aliphatic heterocycles. The Morgan fingerprint density at radius 2 is 2.06 bits per heavy atom. The Morgan fingerprint density at radius 1 is 1.35 bits per heavy atom. The number of nitro groups is 1. The predicted octanol–water partition coefficient (Wildman–Crippen LogP) is 2.59. The summed E-state index contributed by atoms with van der Waals surface area (Å²) in [7, 11) is 0. The summed E-state index contributed by atoms with van der Waals surface area (Å²) in [5.74, 6) is 1.34. The number of hydrogen-bond acceptors (Lipinski definition) is 3. The molecule has 2 fully saturated rings. The van der Waals surface area contributed by atoms with Crippen LogP contribution in [-0.2, 0) is 0 Å². The van der Waals surface area contributed by atoms with Gasteiger partial charge in [-0.05, 0) is 55.4 Å². The second-order valence-corrected chi connectivity index (χ2v) is 5.56. The summed E-state index contributed by atoms with van der Waals surface area (Å²) in [5.41, 5.74) is 9.05. The van der Waals surface area contributed by atoms with Crippen molar-refractivity contribution >= 4 is 0 Å². The number of hydrogen-bond donors (Lipinski definition) is 1. The fourth-order valence-electron chi connectivity index (χ4n) is 3.69. The maximum absolute atomic E-state index is 11.2. The Kier molecular flexibility index (Phi) is 2.28. The quantitative estimate of drug-likeness (QED) is 0.589. The normalized spacial score (nSPS) is 33.0. The first-order valence-corrected chi connectivity index (χ1v) is 6.48. The lowest BCUT2D eigenvalue weighted by Gasteiger charge is -2.29. The average Bonchev–Trinajstić information content (AvgIpc) is 2.95. The highest BCUT2D eigenvalue weighted by molar-refractivity contribution is 5.42. The Morgan fingerprint density at radius 3 is 2.65 bits per heavy atom. The molecule has 92 valence electrons. The van der Waals surface area contributed by atoms with E-state index < -0.39 is 0 Å². The van der Waals surface area contributed by atoms with Crippen molar-refractivity contribution in [3.05, 3.63) is 32.7 Å². The first-order chi connectivity index (χ1) is 8.11. The Hall–Kier alpha value is -1.32. The SMILES string of the molecule is CC1C(C2CC2)=C(N)C([N+](=O)[O-])=C2CCCC21. The summed E-state index contributed by atoms with van der Waals surface area (Å²) in [5, 5.41) is 11.2. The van der Waals surface area contributed by atoms with Gasteiger partial charge in [-0.15, -0.1) is 0 Å². The van der Waals surface area contributed by atoms with Crippen LogP contribution in [0, 0.1) is 27.9 Å². The van der Waals surface area contributed by atoms with E-state index in [9.17, 15) is 10.1 Å². The van der Waals surface area contributed by atoms with E-state index in [1.165, 1.54) is 5.57 Å². The number of nitrogens with two attached hydrogens (primary N) is 1. The molecule has 4 heteroatoms. The van der Waals surface area contributed by atoms with Crippen LogP contribution in [0.2, 0.25) is 0 Å². The van der Waals surface area contributed by atoms with Gasteiger partial charge in [-0.25, -0.2) is 0 Å². The summed E-state index contributed by atoms with van der Waals surface area (Å²) < 4.78 is 0. The number of rotatable bonds is 2. The molecule has 0 spiro atoms. The van der Waals surface area contributed by atoms with Crippen molar-refractivity contribution in [3.8, 4) is 0 Å². The third kappa shape index (κ3) is 1.50. The average molecular weight is 234 g/mol. The summed E-state index contributed by atoms with van der Waals surface area (Å²) in [6.07, 6.45) is 5.36. The maximum Gasteiger partial charge on any atom is 0.291 e. The van der Waals surface area contributed by atoms with E-state index in [1.54, 1.807) is 0 Å². The van der Waals surface area contributed by atoms with Gasteiger partial charge in [-0.2, -0.15) is 0 Å². The van der Waals surface area contributed by atoms with Crippen LogP contribution >= 0.6 is 0 Å². The Bertz CT molecular complexity index is 446. The zero-order valence-corrected chi connectivity index (χ0v) is 10.1. The van der Waals surface area contributed by atoms with Crippen LogP contribution < -0.4 is 5.73 Å². The molecule has 2 N–H and O–H groups in total. The van der Waals surface area contributed by atoms with Gasteiger partial charge in [-0.3, -0.25) is 10.1 Å². The predicted molar refractivity (Wildman–Crippen MR) is 64.5 cm³/mol. The molecule has 0 aromatic heterocycles. The van der Waals surface area contributed by atoms with Crippen molar-refractivity contribution in [3.63, 3.8) is 0 Å². The number of nitrogens with zero attached hydrogens (tertiary/aromatic N) is 1. The molecule has 0 heterocycles. The molecule has 17 heavy (non-hydrogen) atoms. The van der Waals surface area contributed by atoms with Gasteiger partial charge in [-0.1, -0.05) is 6.92 Å². The highest BCUT2D eigenvalue weighted by Gasteiger charge is 2.45. The molecular weight excluding hydrogens is 216 g/mol. The molecule has 0 bridgehead atoms. The highest BCUT2D eigenvalue weighted by Crippen LogP contribution is 2.52. The molecule has 2 saturated carbocycles. The largest absolute Gasteiger partial charge is 0.393 e. The van der Waals surface area contributed by atoms with E-state index >= 15 is 0 Å². The van der Waals surface area contributed by atoms with Gasteiger partial charge in [0.2, 0.25) is 0 Å². The summed E-state index contributed by atoms with van der Waals surface area (Å²) in [4.78, 5) is 11.0. The van der Waals surface area contributed by atoms with Crippen LogP contribution in [0.5, 0.6) is 0 Å². The topological polar surface area (TPSA) is 69.2 Å². The maximum atomic E-state index is 11.2. The Balaban J connectivity index is 2.13. The van der Waals surface area contributed by atoms with Gasteiger partial charge in [0.25, 0.3) is 5.70 Å². The molecule has 0 aromatic rings. The summed E-state index contributed by atoms with van der Waals surface area (Å²) in [6, 6.07) is 0. The van der Waals surface area contributed by atoms with E-state index in [0.717, 1.165) is 37.7 Å². The molecule has 3 aliphatic rings. The van der Waals surface area contributed by atoms with Crippen molar-refractivity contribution in [1.29, 1.82) is 0 Å². The molecule has 2 atom stereocenters. The van der Waals surface area contributed by atoms with Crippen molar-refractivity contribution in [2.75, 3.05) is 0 Å². The zero-order chi connectivity index (χ0) is 12.2. The third-order valence-electron chi connectivity index (χ3n) is 4.57. The van der Waals surface area contributed by atoms with Gasteiger partial charge >= 0.3 is 0 Å². The molecule has 0 aromatic carbocycles. The van der Waals surface area contributed by atoms with E-state index in [1.807, 2.05) is 0 Å². The first kappa shape index (κ1) is 10.8.